The van der Waals surface area contributed by atoms with Gasteiger partial charge >= 0.3 is 6.01 Å². The second-order valence-electron chi connectivity index (χ2n) is 13.3. The van der Waals surface area contributed by atoms with Crippen LogP contribution in [-0.2, 0) is 0 Å². The average Bonchev–Trinajstić information content (AvgIpc) is 3.68. The van der Waals surface area contributed by atoms with E-state index in [1.54, 1.807) is 12.3 Å². The van der Waals surface area contributed by atoms with Crippen LogP contribution in [0.4, 0.5) is 19.6 Å². The first-order valence-electron chi connectivity index (χ1n) is 15.7. The molecule has 9 nitrogen and oxygen atoms in total. The van der Waals surface area contributed by atoms with Crippen molar-refractivity contribution in [2.45, 2.75) is 56.7 Å². The zero-order valence-corrected chi connectivity index (χ0v) is 26.5. The number of piperidine rings is 1. The molecule has 2 aliphatic carbocycles. The minimum atomic E-state index is -0.690. The Kier molecular flexibility index (Phi) is 7.74. The molecule has 0 amide bonds. The first kappa shape index (κ1) is 30.0. The molecule has 1 aromatic carbocycles. The molecule has 7 rings (SSSR count). The molecular weight excluding hydrogens is 594 g/mol. The van der Waals surface area contributed by atoms with E-state index in [1.165, 1.54) is 12.5 Å². The normalized spacial score (nSPS) is 19.5. The summed E-state index contributed by atoms with van der Waals surface area (Å²) in [4.78, 5) is 19.0. The molecule has 0 radical (unpaired) electrons. The van der Waals surface area contributed by atoms with Crippen LogP contribution in [0.5, 0.6) is 6.01 Å². The van der Waals surface area contributed by atoms with Crippen LogP contribution in [0.3, 0.4) is 0 Å². The number of anilines is 2. The number of nitriles is 1. The van der Waals surface area contributed by atoms with Gasteiger partial charge in [-0.05, 0) is 77.2 Å². The molecule has 236 valence electrons. The number of alkyl halides is 1. The van der Waals surface area contributed by atoms with Gasteiger partial charge in [0, 0.05) is 54.3 Å². The van der Waals surface area contributed by atoms with E-state index in [9.17, 15) is 14.0 Å². The number of hydrogen-bond donors (Lipinski definition) is 2. The highest BCUT2D eigenvalue weighted by Crippen LogP contribution is 2.47. The van der Waals surface area contributed by atoms with E-state index in [0.29, 0.717) is 52.1 Å². The molecule has 1 aliphatic heterocycles. The fourth-order valence-corrected chi connectivity index (χ4v) is 7.71. The van der Waals surface area contributed by atoms with E-state index in [2.05, 4.69) is 35.3 Å². The van der Waals surface area contributed by atoms with Gasteiger partial charge in [-0.3, -0.25) is 4.98 Å². The number of ether oxygens (including phenoxy) is 1. The minimum Gasteiger partial charge on any atom is -0.463 e. The van der Waals surface area contributed by atoms with Gasteiger partial charge in [-0.25, -0.2) is 8.78 Å². The number of fused-ring (bicyclic) bond motifs is 2. The monoisotopic (exact) mass is 632 g/mol. The molecular formula is C33H38F2N8OS. The summed E-state index contributed by atoms with van der Waals surface area (Å²) in [6, 6.07) is 7.28. The Hall–Kier alpha value is -3.66. The summed E-state index contributed by atoms with van der Waals surface area (Å²) in [6.45, 7) is 3.68. The van der Waals surface area contributed by atoms with Crippen molar-refractivity contribution in [2.24, 2.45) is 5.41 Å². The highest BCUT2D eigenvalue weighted by atomic mass is 32.1. The zero-order chi connectivity index (χ0) is 31.3. The lowest BCUT2D eigenvalue weighted by Gasteiger charge is -2.47. The molecule has 3 N–H and O–H groups in total. The Morgan fingerprint density at radius 2 is 1.98 bits per heavy atom. The first-order valence-corrected chi connectivity index (χ1v) is 16.5. The first-order chi connectivity index (χ1) is 21.7. The number of likely N-dealkylation sites (tertiary alicyclic amines) is 1. The van der Waals surface area contributed by atoms with E-state index in [-0.39, 0.29) is 27.5 Å². The molecule has 4 aromatic rings. The standard InChI is InChI=1S/C33H38F2N8OS/c1-42(2)33(8-3-9-33)17-39-30-23-16-38-25(21-4-5-24(35)28-27(21)22(15-36)29(37)45-28)14-26(23)40-31(41-30)44-19-32(10-11-32)18-43-12-6-20(34)7-13-43/h4-5,14,16,20H,3,6-13,17-19,37H2,1-2H3,(H,39,40,41). The van der Waals surface area contributed by atoms with Crippen LogP contribution in [0.1, 0.15) is 50.5 Å². The van der Waals surface area contributed by atoms with Gasteiger partial charge in [0.05, 0.1) is 33.5 Å². The van der Waals surface area contributed by atoms with Gasteiger partial charge < -0.3 is 25.6 Å². The number of nitrogens with two attached hydrogens (primary N) is 1. The molecule has 3 fully saturated rings. The highest BCUT2D eigenvalue weighted by Gasteiger charge is 2.45. The molecule has 4 heterocycles. The predicted octanol–water partition coefficient (Wildman–Crippen LogP) is 5.99. The van der Waals surface area contributed by atoms with Crippen molar-refractivity contribution in [1.82, 2.24) is 24.8 Å². The Morgan fingerprint density at radius 3 is 2.64 bits per heavy atom. The summed E-state index contributed by atoms with van der Waals surface area (Å²) >= 11 is 1.06. The maximum absolute atomic E-state index is 14.8. The maximum Gasteiger partial charge on any atom is 0.318 e. The topological polar surface area (TPSA) is 116 Å². The highest BCUT2D eigenvalue weighted by molar-refractivity contribution is 7.23. The van der Waals surface area contributed by atoms with Crippen LogP contribution >= 0.6 is 11.3 Å². The van der Waals surface area contributed by atoms with Crippen molar-refractivity contribution in [2.75, 3.05) is 57.9 Å². The number of nitrogen functional groups attached to an aromatic ring is 1. The molecule has 45 heavy (non-hydrogen) atoms. The number of nitrogens with one attached hydrogen (secondary N) is 1. The summed E-state index contributed by atoms with van der Waals surface area (Å²) in [5.74, 6) is 0.227. The SMILES string of the molecule is CN(C)C1(CNc2nc(OCC3(CN4CCC(F)CC4)CC3)nc3cc(-c4ccc(F)c5sc(N)c(C#N)c45)ncc23)CCC1. The molecule has 12 heteroatoms. The number of thiophene rings is 1. The lowest BCUT2D eigenvalue weighted by molar-refractivity contribution is 0.0738. The van der Waals surface area contributed by atoms with Crippen molar-refractivity contribution < 1.29 is 13.5 Å². The molecule has 3 aliphatic rings. The van der Waals surface area contributed by atoms with E-state index in [4.69, 9.17) is 25.4 Å². The van der Waals surface area contributed by atoms with E-state index >= 15 is 0 Å². The van der Waals surface area contributed by atoms with Crippen molar-refractivity contribution in [1.29, 1.82) is 5.26 Å². The van der Waals surface area contributed by atoms with Gasteiger partial charge in [0.2, 0.25) is 0 Å². The number of pyridine rings is 1. The van der Waals surface area contributed by atoms with Gasteiger partial charge in [-0.2, -0.15) is 15.2 Å². The van der Waals surface area contributed by atoms with Crippen molar-refractivity contribution in [3.8, 4) is 23.3 Å². The van der Waals surface area contributed by atoms with E-state index in [0.717, 1.165) is 68.6 Å². The van der Waals surface area contributed by atoms with Gasteiger partial charge in [-0.1, -0.05) is 0 Å². The lowest BCUT2D eigenvalue weighted by Crippen LogP contribution is -2.54. The van der Waals surface area contributed by atoms with Gasteiger partial charge in [-0.15, -0.1) is 11.3 Å². The zero-order valence-electron chi connectivity index (χ0n) is 25.7. The fraction of sp³-hybridized carbons (Fsp3) is 0.515. The Morgan fingerprint density at radius 1 is 1.20 bits per heavy atom. The summed E-state index contributed by atoms with van der Waals surface area (Å²) in [5, 5.41) is 14.9. The Balaban J connectivity index is 1.22. The van der Waals surface area contributed by atoms with E-state index < -0.39 is 12.0 Å². The number of benzene rings is 1. The fourth-order valence-electron chi connectivity index (χ4n) is 6.76. The van der Waals surface area contributed by atoms with E-state index in [1.807, 2.05) is 6.07 Å². The van der Waals surface area contributed by atoms with Crippen molar-refractivity contribution in [3.63, 3.8) is 0 Å². The second kappa shape index (κ2) is 11.6. The summed E-state index contributed by atoms with van der Waals surface area (Å²) in [5.41, 5.74) is 8.24. The number of likely N-dealkylation sites (N-methyl/N-ethyl adjacent to an activating group) is 1. The quantitative estimate of drug-likeness (QED) is 0.218. The summed E-state index contributed by atoms with van der Waals surface area (Å²) in [7, 11) is 4.23. The molecule has 1 saturated heterocycles. The predicted molar refractivity (Wildman–Crippen MR) is 174 cm³/mol. The summed E-state index contributed by atoms with van der Waals surface area (Å²) in [6.07, 6.45) is 7.76. The number of halogens is 2. The average molecular weight is 633 g/mol. The third kappa shape index (κ3) is 5.66. The van der Waals surface area contributed by atoms with Crippen LogP contribution in [0, 0.1) is 22.6 Å². The molecule has 2 saturated carbocycles. The number of hydrogen-bond acceptors (Lipinski definition) is 10. The Labute approximate surface area is 265 Å². The van der Waals surface area contributed by atoms with Gasteiger partial charge in [0.1, 0.15) is 28.9 Å². The van der Waals surface area contributed by atoms with Gasteiger partial charge in [0.25, 0.3) is 0 Å². The van der Waals surface area contributed by atoms with Crippen LogP contribution in [0.2, 0.25) is 0 Å². The molecule has 3 aromatic heterocycles. The minimum absolute atomic E-state index is 0.0334. The number of aromatic nitrogens is 3. The third-order valence-electron chi connectivity index (χ3n) is 10.1. The lowest BCUT2D eigenvalue weighted by atomic mass is 9.75. The largest absolute Gasteiger partial charge is 0.463 e. The summed E-state index contributed by atoms with van der Waals surface area (Å²) < 4.78 is 35.1. The maximum atomic E-state index is 14.8. The third-order valence-corrected chi connectivity index (χ3v) is 11.2. The van der Waals surface area contributed by atoms with Crippen LogP contribution in [-0.4, -0.2) is 83.3 Å². The number of rotatable bonds is 10. The van der Waals surface area contributed by atoms with Crippen molar-refractivity contribution >= 4 is 43.1 Å². The molecule has 0 bridgehead atoms. The van der Waals surface area contributed by atoms with Crippen LogP contribution < -0.4 is 15.8 Å². The molecule has 0 spiro atoms. The Bertz CT molecular complexity index is 1790. The molecule has 0 atom stereocenters. The molecule has 0 unspecified atom stereocenters. The van der Waals surface area contributed by atoms with Crippen molar-refractivity contribution in [3.05, 3.63) is 35.8 Å². The number of nitrogens with zero attached hydrogens (tertiary/aromatic N) is 6. The van der Waals surface area contributed by atoms with Crippen LogP contribution in [0.25, 0.3) is 32.2 Å². The van der Waals surface area contributed by atoms with Gasteiger partial charge in [0.15, 0.2) is 0 Å². The smallest absolute Gasteiger partial charge is 0.318 e. The van der Waals surface area contributed by atoms with Crippen LogP contribution in [0.15, 0.2) is 24.4 Å². The second-order valence-corrected chi connectivity index (χ2v) is 14.3.